The molecule has 146 valence electrons. The number of hydrogen-bond donors (Lipinski definition) is 0. The maximum atomic E-state index is 12.8. The van der Waals surface area contributed by atoms with Crippen molar-refractivity contribution in [2.24, 2.45) is 0 Å². The van der Waals surface area contributed by atoms with Gasteiger partial charge in [-0.25, -0.2) is 9.67 Å². The summed E-state index contributed by atoms with van der Waals surface area (Å²) < 4.78 is 33.5. The van der Waals surface area contributed by atoms with Gasteiger partial charge in [-0.15, -0.1) is 0 Å². The molecule has 4 heterocycles. The van der Waals surface area contributed by atoms with Gasteiger partial charge in [-0.2, -0.15) is 13.9 Å². The van der Waals surface area contributed by atoms with E-state index in [9.17, 15) is 13.6 Å². The van der Waals surface area contributed by atoms with Gasteiger partial charge in [-0.3, -0.25) is 9.69 Å². The van der Waals surface area contributed by atoms with E-state index in [0.29, 0.717) is 56.1 Å². The summed E-state index contributed by atoms with van der Waals surface area (Å²) in [5, 5.41) is 3.70. The van der Waals surface area contributed by atoms with Crippen LogP contribution in [0.3, 0.4) is 0 Å². The third kappa shape index (κ3) is 3.86. The van der Waals surface area contributed by atoms with Crippen LogP contribution in [0, 0.1) is 0 Å². The fourth-order valence-corrected chi connectivity index (χ4v) is 3.54. The molecule has 27 heavy (non-hydrogen) atoms. The Morgan fingerprint density at radius 3 is 2.70 bits per heavy atom. The van der Waals surface area contributed by atoms with Gasteiger partial charge in [0, 0.05) is 50.9 Å². The third-order valence-electron chi connectivity index (χ3n) is 5.05. The third-order valence-corrected chi connectivity index (χ3v) is 5.05. The first-order chi connectivity index (χ1) is 13.1. The van der Waals surface area contributed by atoms with Crippen molar-refractivity contribution in [1.29, 1.82) is 0 Å². The molecule has 1 fully saturated rings. The Morgan fingerprint density at radius 2 is 1.96 bits per heavy atom. The number of morpholine rings is 1. The molecule has 0 saturated carbocycles. The van der Waals surface area contributed by atoms with Crippen LogP contribution in [0.15, 0.2) is 18.6 Å². The smallest absolute Gasteiger partial charge is 0.333 e. The summed E-state index contributed by atoms with van der Waals surface area (Å²) >= 11 is 0. The van der Waals surface area contributed by atoms with Gasteiger partial charge >= 0.3 is 6.55 Å². The molecule has 0 N–H and O–H groups in total. The molecule has 10 heteroatoms. The Hall–Kier alpha value is -2.33. The molecule has 8 nitrogen and oxygen atoms in total. The van der Waals surface area contributed by atoms with Crippen LogP contribution in [0.2, 0.25) is 0 Å². The minimum Gasteiger partial charge on any atom is -0.379 e. The van der Waals surface area contributed by atoms with E-state index in [0.717, 1.165) is 24.6 Å². The van der Waals surface area contributed by atoms with Gasteiger partial charge in [0.05, 0.1) is 37.8 Å². The molecule has 0 unspecified atom stereocenters. The molecule has 0 radical (unpaired) electrons. The number of hydrogen-bond acceptors (Lipinski definition) is 5. The molecule has 0 atom stereocenters. The standard InChI is InChI=1S/C17H22F2N6O2/c18-17(19)25-11-13(9-21-25)14-10-20-15-1-2-23(3-4-24(14)15)16(26)12-22-5-7-27-8-6-22/h9-11,17H,1-8,12H2. The molecule has 2 aliphatic rings. The van der Waals surface area contributed by atoms with E-state index in [2.05, 4.69) is 15.0 Å². The minimum atomic E-state index is -2.67. The van der Waals surface area contributed by atoms with Gasteiger partial charge < -0.3 is 14.2 Å². The quantitative estimate of drug-likeness (QED) is 0.787. The number of rotatable bonds is 4. The summed E-state index contributed by atoms with van der Waals surface area (Å²) in [4.78, 5) is 21.0. The molecule has 0 aliphatic carbocycles. The number of carbonyl (C=O) groups is 1. The Balaban J connectivity index is 1.44. The fraction of sp³-hybridized carbons (Fsp3) is 0.588. The molecule has 0 bridgehead atoms. The average Bonchev–Trinajstić information content (AvgIpc) is 3.25. The van der Waals surface area contributed by atoms with Crippen LogP contribution in [0.1, 0.15) is 12.4 Å². The van der Waals surface area contributed by atoms with E-state index in [4.69, 9.17) is 4.74 Å². The Labute approximate surface area is 155 Å². The van der Waals surface area contributed by atoms with Gasteiger partial charge in [0.1, 0.15) is 5.82 Å². The number of ether oxygens (including phenoxy) is 1. The second kappa shape index (κ2) is 7.73. The largest absolute Gasteiger partial charge is 0.379 e. The Bertz CT molecular complexity index is 799. The minimum absolute atomic E-state index is 0.106. The van der Waals surface area contributed by atoms with E-state index in [1.165, 1.54) is 12.4 Å². The van der Waals surface area contributed by atoms with Crippen molar-refractivity contribution >= 4 is 5.91 Å². The van der Waals surface area contributed by atoms with Crippen molar-refractivity contribution in [3.63, 3.8) is 0 Å². The zero-order valence-electron chi connectivity index (χ0n) is 14.9. The average molecular weight is 380 g/mol. The molecule has 1 saturated heterocycles. The van der Waals surface area contributed by atoms with E-state index >= 15 is 0 Å². The summed E-state index contributed by atoms with van der Waals surface area (Å²) in [5.74, 6) is 0.964. The molecule has 2 aromatic heterocycles. The van der Waals surface area contributed by atoms with E-state index in [-0.39, 0.29) is 5.91 Å². The lowest BCUT2D eigenvalue weighted by Crippen LogP contribution is -2.45. The molecule has 2 aromatic rings. The monoisotopic (exact) mass is 380 g/mol. The van der Waals surface area contributed by atoms with Gasteiger partial charge in [-0.05, 0) is 0 Å². The number of halogens is 2. The van der Waals surface area contributed by atoms with Crippen molar-refractivity contribution in [2.45, 2.75) is 19.5 Å². The highest BCUT2D eigenvalue weighted by Crippen LogP contribution is 2.24. The topological polar surface area (TPSA) is 68.4 Å². The van der Waals surface area contributed by atoms with E-state index in [1.807, 2.05) is 9.47 Å². The van der Waals surface area contributed by atoms with Crippen LogP contribution < -0.4 is 0 Å². The lowest BCUT2D eigenvalue weighted by atomic mass is 10.2. The first-order valence-electron chi connectivity index (χ1n) is 9.07. The SMILES string of the molecule is O=C(CN1CCOCC1)N1CCc2ncc(-c3cnn(C(F)F)c3)n2CC1. The van der Waals surface area contributed by atoms with Crippen LogP contribution >= 0.6 is 0 Å². The first kappa shape index (κ1) is 18.1. The zero-order chi connectivity index (χ0) is 18.8. The number of alkyl halides is 2. The highest BCUT2D eigenvalue weighted by molar-refractivity contribution is 5.78. The van der Waals surface area contributed by atoms with E-state index < -0.39 is 6.55 Å². The van der Waals surface area contributed by atoms with Crippen LogP contribution in [0.5, 0.6) is 0 Å². The highest BCUT2D eigenvalue weighted by atomic mass is 19.3. The zero-order valence-corrected chi connectivity index (χ0v) is 14.9. The van der Waals surface area contributed by atoms with Crippen molar-refractivity contribution in [3.05, 3.63) is 24.4 Å². The molecular formula is C17H22F2N6O2. The second-order valence-electron chi connectivity index (χ2n) is 6.72. The lowest BCUT2D eigenvalue weighted by molar-refractivity contribution is -0.133. The molecule has 0 spiro atoms. The molecule has 2 aliphatic heterocycles. The Morgan fingerprint density at radius 1 is 1.15 bits per heavy atom. The normalized spacial score (nSPS) is 18.6. The van der Waals surface area contributed by atoms with Crippen LogP contribution in [0.25, 0.3) is 11.3 Å². The van der Waals surface area contributed by atoms with Crippen molar-refractivity contribution < 1.29 is 18.3 Å². The second-order valence-corrected chi connectivity index (χ2v) is 6.72. The van der Waals surface area contributed by atoms with Crippen LogP contribution in [0.4, 0.5) is 8.78 Å². The predicted octanol–water partition coefficient (Wildman–Crippen LogP) is 0.859. The van der Waals surface area contributed by atoms with Gasteiger partial charge in [0.15, 0.2) is 0 Å². The van der Waals surface area contributed by atoms with Gasteiger partial charge in [0.25, 0.3) is 0 Å². The van der Waals surface area contributed by atoms with Crippen molar-refractivity contribution in [3.8, 4) is 11.3 Å². The van der Waals surface area contributed by atoms with Crippen molar-refractivity contribution in [2.75, 3.05) is 45.9 Å². The lowest BCUT2D eigenvalue weighted by Gasteiger charge is -2.29. The number of nitrogens with zero attached hydrogens (tertiary/aromatic N) is 6. The van der Waals surface area contributed by atoms with Crippen molar-refractivity contribution in [1.82, 2.24) is 29.1 Å². The molecule has 1 amide bonds. The summed E-state index contributed by atoms with van der Waals surface area (Å²) in [5.41, 5.74) is 1.35. The van der Waals surface area contributed by atoms with Crippen LogP contribution in [-0.4, -0.2) is 81.0 Å². The summed E-state index contributed by atoms with van der Waals surface area (Å²) in [6.45, 7) is 2.38. The molecule has 4 rings (SSSR count). The summed E-state index contributed by atoms with van der Waals surface area (Å²) in [6, 6.07) is 0. The maximum absolute atomic E-state index is 12.8. The number of fused-ring (bicyclic) bond motifs is 1. The number of aromatic nitrogens is 4. The maximum Gasteiger partial charge on any atom is 0.333 e. The van der Waals surface area contributed by atoms with E-state index in [1.54, 1.807) is 6.20 Å². The molecule has 0 aromatic carbocycles. The highest BCUT2D eigenvalue weighted by Gasteiger charge is 2.24. The number of amides is 1. The van der Waals surface area contributed by atoms with Gasteiger partial charge in [-0.1, -0.05) is 0 Å². The summed E-state index contributed by atoms with van der Waals surface area (Å²) in [6.07, 6.45) is 5.06. The predicted molar refractivity (Wildman–Crippen MR) is 92.2 cm³/mol. The summed E-state index contributed by atoms with van der Waals surface area (Å²) in [7, 11) is 0. The number of imidazole rings is 1. The van der Waals surface area contributed by atoms with Gasteiger partial charge in [0.2, 0.25) is 5.91 Å². The molecular weight excluding hydrogens is 358 g/mol. The Kier molecular flexibility index (Phi) is 5.17. The first-order valence-corrected chi connectivity index (χ1v) is 9.07. The van der Waals surface area contributed by atoms with Crippen LogP contribution in [-0.2, 0) is 22.5 Å². The number of carbonyl (C=O) groups excluding carboxylic acids is 1. The fourth-order valence-electron chi connectivity index (χ4n) is 3.54.